The van der Waals surface area contributed by atoms with Crippen molar-refractivity contribution in [3.05, 3.63) is 127 Å². The molecule has 42 heavy (non-hydrogen) atoms. The van der Waals surface area contributed by atoms with Crippen molar-refractivity contribution in [3.63, 3.8) is 0 Å². The van der Waals surface area contributed by atoms with E-state index in [9.17, 15) is 13.2 Å². The van der Waals surface area contributed by atoms with E-state index >= 15 is 0 Å². The van der Waals surface area contributed by atoms with Crippen molar-refractivity contribution in [1.82, 2.24) is 9.96 Å². The molecule has 1 saturated heterocycles. The summed E-state index contributed by atoms with van der Waals surface area (Å²) in [7, 11) is -3.35. The van der Waals surface area contributed by atoms with E-state index in [0.717, 1.165) is 10.6 Å². The van der Waals surface area contributed by atoms with E-state index in [4.69, 9.17) is 13.0 Å². The van der Waals surface area contributed by atoms with Gasteiger partial charge in [0.1, 0.15) is 0 Å². The molecule has 1 fully saturated rings. The van der Waals surface area contributed by atoms with Crippen LogP contribution in [0.3, 0.4) is 0 Å². The van der Waals surface area contributed by atoms with Gasteiger partial charge in [0.25, 0.3) is 0 Å². The third-order valence-electron chi connectivity index (χ3n) is 7.71. The molecular weight excluding hydrogens is 571 g/mol. The van der Waals surface area contributed by atoms with Crippen LogP contribution in [0.5, 0.6) is 0 Å². The summed E-state index contributed by atoms with van der Waals surface area (Å²) in [4.78, 5) is 15.1. The first-order valence-corrected chi connectivity index (χ1v) is 17.2. The minimum atomic E-state index is -4.90. The number of urea groups is 1. The van der Waals surface area contributed by atoms with Gasteiger partial charge in [-0.3, -0.25) is 0 Å². The number of ether oxygens (including phenoxy) is 1. The molecule has 2 amide bonds. The second-order valence-electron chi connectivity index (χ2n) is 10.3. The van der Waals surface area contributed by atoms with Crippen molar-refractivity contribution in [2.75, 3.05) is 20.3 Å². The number of allylic oxidation sites excluding steroid dienone is 1. The summed E-state index contributed by atoms with van der Waals surface area (Å²) in [5, 5.41) is 2.87. The van der Waals surface area contributed by atoms with Gasteiger partial charge in [-0.25, -0.2) is 0 Å². The Morgan fingerprint density at radius 3 is 1.88 bits per heavy atom. The maximum absolute atomic E-state index is 14.3. The second kappa shape index (κ2) is 11.6. The standard InChI is InChI=1S/C32H35N2O6PS/c1-5-21-41(27-15-9-6-10-16-27,28-17-11-7-12-18-28,29-19-13-8-14-20-29)40-42(36,37)39-34-31-23-33(32(34)35)26(24-38-4)22-30(31)25(2)3/h5-22,26,31H,2,23-24H2,1,3-4H3/b21-5+/t26-,31-/m0/s1. The fraction of sp³-hybridized carbons (Fsp3) is 0.219. The summed E-state index contributed by atoms with van der Waals surface area (Å²) in [6.45, 7) is 3.75. The van der Waals surface area contributed by atoms with Gasteiger partial charge in [0.2, 0.25) is 0 Å². The topological polar surface area (TPSA) is 85.4 Å². The van der Waals surface area contributed by atoms with Gasteiger partial charge in [-0.05, 0) is 0 Å². The van der Waals surface area contributed by atoms with Crippen molar-refractivity contribution >= 4 is 39.2 Å². The molecule has 0 unspecified atom stereocenters. The molecule has 0 aromatic heterocycles. The van der Waals surface area contributed by atoms with Gasteiger partial charge in [-0.2, -0.15) is 0 Å². The molecule has 0 aliphatic carbocycles. The molecule has 0 saturated carbocycles. The summed E-state index contributed by atoms with van der Waals surface area (Å²) < 4.78 is 46.2. The molecule has 8 nitrogen and oxygen atoms in total. The van der Waals surface area contributed by atoms with Crippen LogP contribution < -0.4 is 15.9 Å². The molecule has 5 rings (SSSR count). The summed E-state index contributed by atoms with van der Waals surface area (Å²) >= 11 is 0. The number of methoxy groups -OCH3 is 1. The third-order valence-corrected chi connectivity index (χ3v) is 14.9. The van der Waals surface area contributed by atoms with Crippen molar-refractivity contribution in [3.8, 4) is 0 Å². The number of nitrogens with zero attached hydrogens (tertiary/aromatic N) is 2. The van der Waals surface area contributed by atoms with Crippen LogP contribution in [0.4, 0.5) is 4.79 Å². The minimum absolute atomic E-state index is 0.232. The number of carbonyl (C=O) groups is 1. The SMILES string of the molecule is C=C(C)C1=C[C@@H](COC)N2C[C@@H]1N(OS(=O)(=O)OP(/C=C/C)(c1ccccc1)(c1ccccc1)c1ccccc1)C2=O. The first-order chi connectivity index (χ1) is 20.2. The van der Waals surface area contributed by atoms with E-state index in [1.807, 2.05) is 117 Å². The average Bonchev–Trinajstić information content (AvgIpc) is 3.25. The molecule has 220 valence electrons. The number of carbonyl (C=O) groups excluding carboxylic acids is 1. The fourth-order valence-electron chi connectivity index (χ4n) is 5.95. The number of amides is 2. The number of fused-ring (bicyclic) bond motifs is 2. The number of hydrogen-bond donors (Lipinski definition) is 0. The van der Waals surface area contributed by atoms with Crippen molar-refractivity contribution in [2.24, 2.45) is 0 Å². The molecule has 2 aliphatic rings. The zero-order chi connectivity index (χ0) is 30.0. The van der Waals surface area contributed by atoms with Gasteiger partial charge in [0, 0.05) is 0 Å². The molecule has 2 aliphatic heterocycles. The second-order valence-corrected chi connectivity index (χ2v) is 16.0. The van der Waals surface area contributed by atoms with Crippen molar-refractivity contribution < 1.29 is 26.2 Å². The zero-order valence-corrected chi connectivity index (χ0v) is 25.6. The van der Waals surface area contributed by atoms with E-state index in [0.29, 0.717) is 21.5 Å². The van der Waals surface area contributed by atoms with Crippen LogP contribution in [0.15, 0.2) is 127 Å². The summed E-state index contributed by atoms with van der Waals surface area (Å²) in [5.74, 6) is 1.84. The van der Waals surface area contributed by atoms with Gasteiger partial charge in [-0.15, -0.1) is 0 Å². The molecular formula is C32H35N2O6PS. The summed E-state index contributed by atoms with van der Waals surface area (Å²) in [5.41, 5.74) is 1.42. The van der Waals surface area contributed by atoms with E-state index in [2.05, 4.69) is 6.58 Å². The van der Waals surface area contributed by atoms with Gasteiger partial charge in [0.15, 0.2) is 0 Å². The Kier molecular flexibility index (Phi) is 8.25. The zero-order valence-electron chi connectivity index (χ0n) is 23.9. The molecule has 2 atom stereocenters. The predicted molar refractivity (Wildman–Crippen MR) is 167 cm³/mol. The normalized spacial score (nSPS) is 19.9. The van der Waals surface area contributed by atoms with Crippen LogP contribution in [0.1, 0.15) is 13.8 Å². The maximum atomic E-state index is 14.3. The molecule has 2 bridgehead atoms. The monoisotopic (exact) mass is 606 g/mol. The van der Waals surface area contributed by atoms with Crippen LogP contribution in [-0.2, 0) is 23.4 Å². The van der Waals surface area contributed by atoms with Crippen molar-refractivity contribution in [2.45, 2.75) is 25.9 Å². The van der Waals surface area contributed by atoms with Gasteiger partial charge in [0.05, 0.1) is 0 Å². The van der Waals surface area contributed by atoms with Gasteiger partial charge in [-0.1, -0.05) is 0 Å². The van der Waals surface area contributed by atoms with Crippen LogP contribution in [-0.4, -0.2) is 56.8 Å². The molecule has 0 radical (unpaired) electrons. The van der Waals surface area contributed by atoms with E-state index < -0.39 is 29.3 Å². The van der Waals surface area contributed by atoms with Crippen LogP contribution in [0, 0.1) is 0 Å². The van der Waals surface area contributed by atoms with Crippen molar-refractivity contribution in [1.29, 1.82) is 0 Å². The van der Waals surface area contributed by atoms with E-state index in [-0.39, 0.29) is 19.2 Å². The number of hydroxylamine groups is 2. The summed E-state index contributed by atoms with van der Waals surface area (Å²) in [6.07, 6.45) is 3.68. The van der Waals surface area contributed by atoms with E-state index in [1.165, 1.54) is 4.90 Å². The fourth-order valence-corrected chi connectivity index (χ4v) is 13.4. The molecule has 0 spiro atoms. The van der Waals surface area contributed by atoms with Crippen LogP contribution >= 0.6 is 6.83 Å². The predicted octanol–water partition coefficient (Wildman–Crippen LogP) is 4.80. The van der Waals surface area contributed by atoms with Crippen LogP contribution in [0.25, 0.3) is 0 Å². The Labute approximate surface area is 247 Å². The number of rotatable bonds is 11. The Morgan fingerprint density at radius 1 is 0.952 bits per heavy atom. The van der Waals surface area contributed by atoms with Gasteiger partial charge < -0.3 is 0 Å². The Bertz CT molecular complexity index is 1530. The molecule has 10 heteroatoms. The first kappa shape index (κ1) is 29.9. The number of benzene rings is 3. The van der Waals surface area contributed by atoms with E-state index in [1.54, 1.807) is 13.2 Å². The number of hydrogen-bond acceptors (Lipinski definition) is 6. The van der Waals surface area contributed by atoms with Crippen LogP contribution in [0.2, 0.25) is 0 Å². The Hall–Kier alpha value is -3.59. The average molecular weight is 607 g/mol. The third kappa shape index (κ3) is 4.91. The van der Waals surface area contributed by atoms with Gasteiger partial charge >= 0.3 is 248 Å². The molecule has 3 aromatic rings. The summed E-state index contributed by atoms with van der Waals surface area (Å²) in [6, 6.07) is 26.2. The molecule has 2 heterocycles. The quantitative estimate of drug-likeness (QED) is 0.292. The Morgan fingerprint density at radius 2 is 1.45 bits per heavy atom. The molecule has 3 aromatic carbocycles. The first-order valence-electron chi connectivity index (χ1n) is 13.6. The Balaban J connectivity index is 1.69. The molecule has 0 N–H and O–H groups in total.